The molecule has 2 saturated heterocycles. The number of hydrogen-bond donors (Lipinski definition) is 0. The van der Waals surface area contributed by atoms with Gasteiger partial charge in [0.05, 0.1) is 0 Å². The maximum atomic E-state index is 11.5. The first-order chi connectivity index (χ1) is 21.1. The van der Waals surface area contributed by atoms with E-state index in [2.05, 4.69) is 53.1 Å². The summed E-state index contributed by atoms with van der Waals surface area (Å²) in [5.41, 5.74) is 5.53. The zero-order valence-corrected chi connectivity index (χ0v) is 25.3. The second kappa shape index (κ2) is 13.7. The first-order valence-electron chi connectivity index (χ1n) is 15.7. The molecule has 0 amide bonds. The van der Waals surface area contributed by atoms with Crippen molar-refractivity contribution in [3.63, 3.8) is 0 Å². The molecule has 3 aromatic rings. The second-order valence-electron chi connectivity index (χ2n) is 11.7. The van der Waals surface area contributed by atoms with Crippen LogP contribution in [0.4, 0.5) is 0 Å². The van der Waals surface area contributed by atoms with Crippen LogP contribution in [0.3, 0.4) is 0 Å². The minimum Gasteiger partial charge on any atom is -0.488 e. The Morgan fingerprint density at radius 1 is 0.744 bits per heavy atom. The van der Waals surface area contributed by atoms with Crippen LogP contribution in [-0.2, 0) is 4.79 Å². The molecule has 3 aliphatic heterocycles. The molecular formula is C36H42N2O5. The van der Waals surface area contributed by atoms with Gasteiger partial charge in [0, 0.05) is 20.0 Å². The molecule has 3 aromatic carbocycles. The molecule has 0 unspecified atom stereocenters. The molecule has 6 rings (SSSR count). The lowest BCUT2D eigenvalue weighted by Crippen LogP contribution is -2.41. The van der Waals surface area contributed by atoms with E-state index in [0.29, 0.717) is 5.75 Å². The lowest BCUT2D eigenvalue weighted by Gasteiger charge is -2.28. The monoisotopic (exact) mass is 582 g/mol. The molecule has 43 heavy (non-hydrogen) atoms. The van der Waals surface area contributed by atoms with Gasteiger partial charge in [0.15, 0.2) is 11.5 Å². The van der Waals surface area contributed by atoms with E-state index in [1.165, 1.54) is 64.4 Å². The van der Waals surface area contributed by atoms with Crippen LogP contribution < -0.4 is 18.9 Å². The molecule has 226 valence electrons. The lowest BCUT2D eigenvalue weighted by molar-refractivity contribution is -0.131. The lowest BCUT2D eigenvalue weighted by atomic mass is 9.88. The van der Waals surface area contributed by atoms with Gasteiger partial charge in [-0.15, -0.1) is 0 Å². The van der Waals surface area contributed by atoms with Crippen molar-refractivity contribution in [2.24, 2.45) is 0 Å². The summed E-state index contributed by atoms with van der Waals surface area (Å²) < 4.78 is 23.3. The van der Waals surface area contributed by atoms with Crippen LogP contribution in [0, 0.1) is 0 Å². The van der Waals surface area contributed by atoms with Crippen molar-refractivity contribution in [1.82, 2.24) is 9.80 Å². The highest BCUT2D eigenvalue weighted by atomic mass is 16.7. The Kier molecular flexibility index (Phi) is 9.30. The number of fused-ring (bicyclic) bond motifs is 1. The van der Waals surface area contributed by atoms with E-state index in [-0.39, 0.29) is 18.9 Å². The summed E-state index contributed by atoms with van der Waals surface area (Å²) in [6.07, 6.45) is 6.09. The second-order valence-corrected chi connectivity index (χ2v) is 11.7. The largest absolute Gasteiger partial charge is 0.488 e. The molecule has 0 aliphatic carbocycles. The molecule has 0 saturated carbocycles. The van der Waals surface area contributed by atoms with Crippen molar-refractivity contribution < 1.29 is 23.7 Å². The first kappa shape index (κ1) is 29.3. The van der Waals surface area contributed by atoms with Crippen LogP contribution in [0.1, 0.15) is 62.6 Å². The SMILES string of the molecule is CCC(=C(c1ccc(OC(C)=O)cc1)c1ccc(OC(CN2CCCC2)CN2CCCC2)cc1)c1ccc2c(c1)OCO2. The Balaban J connectivity index is 1.31. The number of ether oxygens (including phenoxy) is 4. The normalized spacial score (nSPS) is 17.4. The number of allylic oxidation sites excluding steroid dienone is 1. The summed E-state index contributed by atoms with van der Waals surface area (Å²) in [5.74, 6) is 2.63. The molecule has 0 radical (unpaired) electrons. The molecule has 0 bridgehead atoms. The van der Waals surface area contributed by atoms with Gasteiger partial charge in [-0.25, -0.2) is 0 Å². The number of likely N-dealkylation sites (tertiary alicyclic amines) is 2. The fourth-order valence-corrected chi connectivity index (χ4v) is 6.51. The van der Waals surface area contributed by atoms with E-state index >= 15 is 0 Å². The predicted octanol–water partition coefficient (Wildman–Crippen LogP) is 6.65. The quantitative estimate of drug-likeness (QED) is 0.143. The van der Waals surface area contributed by atoms with Crippen LogP contribution in [0.2, 0.25) is 0 Å². The number of carbonyl (C=O) groups excluding carboxylic acids is 1. The third-order valence-corrected chi connectivity index (χ3v) is 8.55. The van der Waals surface area contributed by atoms with Gasteiger partial charge in [-0.3, -0.25) is 14.6 Å². The summed E-state index contributed by atoms with van der Waals surface area (Å²) >= 11 is 0. The Morgan fingerprint density at radius 2 is 1.28 bits per heavy atom. The summed E-state index contributed by atoms with van der Waals surface area (Å²) in [4.78, 5) is 16.6. The van der Waals surface area contributed by atoms with Crippen molar-refractivity contribution >= 4 is 17.1 Å². The molecule has 7 nitrogen and oxygen atoms in total. The average molecular weight is 583 g/mol. The van der Waals surface area contributed by atoms with Gasteiger partial charge in [-0.05, 0) is 123 Å². The van der Waals surface area contributed by atoms with Gasteiger partial charge >= 0.3 is 5.97 Å². The van der Waals surface area contributed by atoms with Gasteiger partial charge in [0.25, 0.3) is 0 Å². The maximum Gasteiger partial charge on any atom is 0.308 e. The molecule has 0 atom stereocenters. The summed E-state index contributed by atoms with van der Waals surface area (Å²) in [7, 11) is 0. The molecular weight excluding hydrogens is 540 g/mol. The Labute approximate surface area is 255 Å². The molecule has 0 aromatic heterocycles. The van der Waals surface area contributed by atoms with Crippen LogP contribution in [0.15, 0.2) is 66.7 Å². The van der Waals surface area contributed by atoms with Crippen molar-refractivity contribution in [2.75, 3.05) is 46.1 Å². The van der Waals surface area contributed by atoms with Crippen LogP contribution >= 0.6 is 0 Å². The summed E-state index contributed by atoms with van der Waals surface area (Å²) in [5, 5.41) is 0. The standard InChI is InChI=1S/C36H42N2O5/c1-3-33(29-12-17-34-35(22-29)41-25-40-34)36(27-8-13-30(14-9-27)42-26(2)39)28-10-15-31(16-11-28)43-32(23-37-18-4-5-19-37)24-38-20-6-7-21-38/h8-17,22,32H,3-7,18-21,23-25H2,1-2H3. The number of hydrogen-bond acceptors (Lipinski definition) is 7. The van der Waals surface area contributed by atoms with Crippen LogP contribution in [0.25, 0.3) is 11.1 Å². The van der Waals surface area contributed by atoms with E-state index in [4.69, 9.17) is 18.9 Å². The highest BCUT2D eigenvalue weighted by molar-refractivity contribution is 5.99. The van der Waals surface area contributed by atoms with Crippen molar-refractivity contribution in [3.05, 3.63) is 83.4 Å². The van der Waals surface area contributed by atoms with E-state index in [1.54, 1.807) is 0 Å². The fourth-order valence-electron chi connectivity index (χ4n) is 6.51. The maximum absolute atomic E-state index is 11.5. The third kappa shape index (κ3) is 7.23. The van der Waals surface area contributed by atoms with E-state index < -0.39 is 0 Å². The minimum absolute atomic E-state index is 0.144. The number of benzene rings is 3. The smallest absolute Gasteiger partial charge is 0.308 e. The molecule has 0 spiro atoms. The molecule has 7 heteroatoms. The number of rotatable bonds is 11. The topological polar surface area (TPSA) is 60.5 Å². The average Bonchev–Trinajstić information content (AvgIpc) is 3.80. The zero-order valence-electron chi connectivity index (χ0n) is 25.3. The van der Waals surface area contributed by atoms with Crippen LogP contribution in [0.5, 0.6) is 23.0 Å². The molecule has 2 fully saturated rings. The van der Waals surface area contributed by atoms with E-state index in [1.807, 2.05) is 30.3 Å². The van der Waals surface area contributed by atoms with Crippen molar-refractivity contribution in [3.8, 4) is 23.0 Å². The number of esters is 1. The number of nitrogens with zero attached hydrogens (tertiary/aromatic N) is 2. The molecule has 3 aliphatic rings. The van der Waals surface area contributed by atoms with E-state index in [9.17, 15) is 4.79 Å². The van der Waals surface area contributed by atoms with Gasteiger partial charge in [0.2, 0.25) is 6.79 Å². The zero-order chi connectivity index (χ0) is 29.6. The van der Waals surface area contributed by atoms with Gasteiger partial charge in [-0.1, -0.05) is 37.3 Å². The van der Waals surface area contributed by atoms with Gasteiger partial charge in [0.1, 0.15) is 17.6 Å². The van der Waals surface area contributed by atoms with Gasteiger partial charge in [-0.2, -0.15) is 0 Å². The minimum atomic E-state index is -0.332. The third-order valence-electron chi connectivity index (χ3n) is 8.55. The Hall–Kier alpha value is -3.81. The summed E-state index contributed by atoms with van der Waals surface area (Å²) in [6.45, 7) is 10.5. The summed E-state index contributed by atoms with van der Waals surface area (Å²) in [6, 6.07) is 22.4. The highest BCUT2D eigenvalue weighted by Crippen LogP contribution is 2.40. The van der Waals surface area contributed by atoms with Crippen molar-refractivity contribution in [1.29, 1.82) is 0 Å². The van der Waals surface area contributed by atoms with Crippen molar-refractivity contribution in [2.45, 2.75) is 52.1 Å². The molecule has 0 N–H and O–H groups in total. The van der Waals surface area contributed by atoms with Crippen LogP contribution in [-0.4, -0.2) is 67.9 Å². The Bertz CT molecular complexity index is 1400. The molecule has 3 heterocycles. The highest BCUT2D eigenvalue weighted by Gasteiger charge is 2.24. The van der Waals surface area contributed by atoms with Gasteiger partial charge < -0.3 is 18.9 Å². The Morgan fingerprint density at radius 3 is 1.84 bits per heavy atom. The predicted molar refractivity (Wildman–Crippen MR) is 169 cm³/mol. The first-order valence-corrected chi connectivity index (χ1v) is 15.7. The number of carbonyl (C=O) groups is 1. The fraction of sp³-hybridized carbons (Fsp3) is 0.417. The van der Waals surface area contributed by atoms with E-state index in [0.717, 1.165) is 59.0 Å².